The zero-order valence-corrected chi connectivity index (χ0v) is 18.2. The zero-order valence-electron chi connectivity index (χ0n) is 17.3. The van der Waals surface area contributed by atoms with Crippen LogP contribution in [0.2, 0.25) is 0 Å². The predicted octanol–water partition coefficient (Wildman–Crippen LogP) is 7.67. The zero-order chi connectivity index (χ0) is 21.3. The monoisotopic (exact) mass is 413 g/mol. The Morgan fingerprint density at radius 1 is 0.900 bits per heavy atom. The quantitative estimate of drug-likeness (QED) is 0.175. The summed E-state index contributed by atoms with van der Waals surface area (Å²) in [6, 6.07) is 19.2. The molecule has 1 nitrogen and oxygen atoms in total. The molecule has 0 aliphatic heterocycles. The molecule has 0 saturated heterocycles. The van der Waals surface area contributed by atoms with Gasteiger partial charge in [-0.25, -0.2) is 4.39 Å². The fourth-order valence-electron chi connectivity index (χ4n) is 3.29. The topological polar surface area (TPSA) is 12.4 Å². The molecule has 0 heterocycles. The van der Waals surface area contributed by atoms with Gasteiger partial charge in [0.15, 0.2) is 0 Å². The van der Waals surface area contributed by atoms with Crippen LogP contribution < -0.4 is 0 Å². The Kier molecular flexibility index (Phi) is 7.69. The molecule has 0 unspecified atom stereocenters. The molecule has 3 aromatic carbocycles. The maximum atomic E-state index is 14.6. The van der Waals surface area contributed by atoms with Crippen LogP contribution in [0.15, 0.2) is 65.7 Å². The lowest BCUT2D eigenvalue weighted by Crippen LogP contribution is -1.88. The first kappa shape index (κ1) is 21.7. The van der Waals surface area contributed by atoms with Crippen LogP contribution >= 0.6 is 12.2 Å². The van der Waals surface area contributed by atoms with Gasteiger partial charge in [0.2, 0.25) is 0 Å². The summed E-state index contributed by atoms with van der Waals surface area (Å²) >= 11 is 4.64. The van der Waals surface area contributed by atoms with Crippen molar-refractivity contribution in [2.75, 3.05) is 0 Å². The minimum atomic E-state index is -0.314. The summed E-state index contributed by atoms with van der Waals surface area (Å²) in [4.78, 5) is 4.00. The van der Waals surface area contributed by atoms with E-state index in [1.54, 1.807) is 12.1 Å². The number of halogens is 1. The number of aliphatic imine (C=N–C) groups is 1. The molecule has 0 bridgehead atoms. The number of aryl methyl sites for hydroxylation is 2. The molecular weight excluding hydrogens is 389 g/mol. The average molecular weight is 414 g/mol. The van der Waals surface area contributed by atoms with Gasteiger partial charge in [-0.15, -0.1) is 0 Å². The van der Waals surface area contributed by atoms with Crippen molar-refractivity contribution in [2.24, 2.45) is 4.99 Å². The minimum absolute atomic E-state index is 0.314. The Morgan fingerprint density at radius 3 is 2.33 bits per heavy atom. The number of benzene rings is 3. The van der Waals surface area contributed by atoms with Gasteiger partial charge in [0.1, 0.15) is 5.82 Å². The summed E-state index contributed by atoms with van der Waals surface area (Å²) in [5.41, 5.74) is 6.10. The Bertz CT molecular complexity index is 1130. The van der Waals surface area contributed by atoms with Crippen molar-refractivity contribution in [3.8, 4) is 23.0 Å². The summed E-state index contributed by atoms with van der Waals surface area (Å²) < 4.78 is 14.6. The van der Waals surface area contributed by atoms with Gasteiger partial charge >= 0.3 is 0 Å². The Labute approximate surface area is 183 Å². The largest absolute Gasteiger partial charge is 0.206 e. The molecule has 3 heteroatoms. The highest BCUT2D eigenvalue weighted by molar-refractivity contribution is 7.78. The van der Waals surface area contributed by atoms with Crippen LogP contribution in [0.5, 0.6) is 0 Å². The first-order valence-corrected chi connectivity index (χ1v) is 10.6. The molecule has 0 spiro atoms. The van der Waals surface area contributed by atoms with Crippen molar-refractivity contribution in [2.45, 2.75) is 39.5 Å². The molecule has 150 valence electrons. The molecule has 0 radical (unpaired) electrons. The first-order valence-electron chi connectivity index (χ1n) is 10.2. The molecule has 0 amide bonds. The van der Waals surface area contributed by atoms with Crippen molar-refractivity contribution >= 4 is 23.1 Å². The number of thiocarbonyl (C=S) groups is 1. The number of hydrogen-bond acceptors (Lipinski definition) is 2. The van der Waals surface area contributed by atoms with E-state index in [-0.39, 0.29) is 5.82 Å². The van der Waals surface area contributed by atoms with Gasteiger partial charge in [-0.05, 0) is 84.6 Å². The number of isothiocyanates is 1. The Morgan fingerprint density at radius 2 is 1.67 bits per heavy atom. The molecular formula is C27H24FNS. The van der Waals surface area contributed by atoms with E-state index >= 15 is 0 Å². The summed E-state index contributed by atoms with van der Waals surface area (Å²) in [7, 11) is 0. The molecule has 3 rings (SSSR count). The lowest BCUT2D eigenvalue weighted by molar-refractivity contribution is 0.625. The molecule has 0 saturated carbocycles. The van der Waals surface area contributed by atoms with E-state index in [9.17, 15) is 4.39 Å². The van der Waals surface area contributed by atoms with E-state index in [4.69, 9.17) is 0 Å². The average Bonchev–Trinajstić information content (AvgIpc) is 2.75. The Hall–Kier alpha value is -3.05. The van der Waals surface area contributed by atoms with Crippen LogP contribution in [-0.2, 0) is 6.42 Å². The van der Waals surface area contributed by atoms with Crippen LogP contribution in [0.3, 0.4) is 0 Å². The smallest absolute Gasteiger partial charge is 0.139 e. The van der Waals surface area contributed by atoms with Gasteiger partial charge in [-0.2, -0.15) is 4.99 Å². The molecule has 0 fully saturated rings. The third-order valence-corrected chi connectivity index (χ3v) is 5.12. The van der Waals surface area contributed by atoms with E-state index in [0.717, 1.165) is 34.4 Å². The molecule has 0 N–H and O–H groups in total. The highest BCUT2D eigenvalue weighted by Crippen LogP contribution is 2.23. The van der Waals surface area contributed by atoms with Crippen molar-refractivity contribution in [3.05, 3.63) is 88.7 Å². The van der Waals surface area contributed by atoms with Gasteiger partial charge in [0.05, 0.1) is 16.4 Å². The fourth-order valence-corrected chi connectivity index (χ4v) is 3.38. The van der Waals surface area contributed by atoms with E-state index < -0.39 is 0 Å². The molecule has 0 aromatic heterocycles. The van der Waals surface area contributed by atoms with Crippen LogP contribution in [0, 0.1) is 24.6 Å². The highest BCUT2D eigenvalue weighted by Gasteiger charge is 2.04. The van der Waals surface area contributed by atoms with Crippen molar-refractivity contribution in [3.63, 3.8) is 0 Å². The molecule has 3 aromatic rings. The number of rotatable bonds is 6. The van der Waals surface area contributed by atoms with Gasteiger partial charge in [0.25, 0.3) is 0 Å². The predicted molar refractivity (Wildman–Crippen MR) is 127 cm³/mol. The van der Waals surface area contributed by atoms with E-state index in [1.807, 2.05) is 31.2 Å². The van der Waals surface area contributed by atoms with Gasteiger partial charge in [0, 0.05) is 5.56 Å². The molecule has 0 atom stereocenters. The van der Waals surface area contributed by atoms with E-state index in [2.05, 4.69) is 65.4 Å². The molecule has 30 heavy (non-hydrogen) atoms. The second kappa shape index (κ2) is 10.6. The highest BCUT2D eigenvalue weighted by atomic mass is 32.1. The van der Waals surface area contributed by atoms with Crippen LogP contribution in [0.25, 0.3) is 11.1 Å². The van der Waals surface area contributed by atoms with E-state index in [1.165, 1.54) is 24.8 Å². The van der Waals surface area contributed by atoms with E-state index in [0.29, 0.717) is 5.56 Å². The number of nitrogens with zero attached hydrogens (tertiary/aromatic N) is 1. The Balaban J connectivity index is 1.75. The normalized spacial score (nSPS) is 10.1. The SMILES string of the molecule is CCCCCc1ccc(-c2ccc(C#Cc3ccc(N=C=S)c(C)c3)c(F)c2)cc1. The summed E-state index contributed by atoms with van der Waals surface area (Å²) in [6.07, 6.45) is 4.77. The van der Waals surface area contributed by atoms with Gasteiger partial charge < -0.3 is 0 Å². The van der Waals surface area contributed by atoms with Crippen molar-refractivity contribution in [1.29, 1.82) is 0 Å². The first-order chi connectivity index (χ1) is 14.6. The van der Waals surface area contributed by atoms with Crippen LogP contribution in [-0.4, -0.2) is 5.16 Å². The molecule has 0 aliphatic rings. The summed E-state index contributed by atoms with van der Waals surface area (Å²) in [6.45, 7) is 4.14. The second-order valence-corrected chi connectivity index (χ2v) is 7.49. The summed E-state index contributed by atoms with van der Waals surface area (Å²) in [5.74, 6) is 5.64. The summed E-state index contributed by atoms with van der Waals surface area (Å²) in [5, 5.41) is 2.37. The maximum Gasteiger partial charge on any atom is 0.139 e. The van der Waals surface area contributed by atoms with Gasteiger partial charge in [-0.3, -0.25) is 0 Å². The number of unbranched alkanes of at least 4 members (excludes halogenated alkanes) is 2. The third kappa shape index (κ3) is 5.74. The minimum Gasteiger partial charge on any atom is -0.206 e. The van der Waals surface area contributed by atoms with Crippen LogP contribution in [0.1, 0.15) is 48.4 Å². The molecule has 0 aliphatic carbocycles. The van der Waals surface area contributed by atoms with Crippen LogP contribution in [0.4, 0.5) is 10.1 Å². The standard InChI is InChI=1S/C27H24FNS/c1-3-4-5-6-21-7-11-23(12-8-21)25-15-14-24(26(28)18-25)13-9-22-10-16-27(29-19-30)20(2)17-22/h7-8,10-12,14-18H,3-6H2,1-2H3. The number of hydrogen-bond donors (Lipinski definition) is 0. The third-order valence-electron chi connectivity index (χ3n) is 5.03. The maximum absolute atomic E-state index is 14.6. The second-order valence-electron chi connectivity index (χ2n) is 7.30. The van der Waals surface area contributed by atoms with Crippen molar-refractivity contribution < 1.29 is 4.39 Å². The lowest BCUT2D eigenvalue weighted by Gasteiger charge is -2.06. The fraction of sp³-hybridized carbons (Fsp3) is 0.222. The lowest BCUT2D eigenvalue weighted by atomic mass is 10.00. The van der Waals surface area contributed by atoms with Gasteiger partial charge in [-0.1, -0.05) is 61.9 Å². The van der Waals surface area contributed by atoms with Crippen molar-refractivity contribution in [1.82, 2.24) is 0 Å².